The van der Waals surface area contributed by atoms with Crippen LogP contribution in [0.3, 0.4) is 0 Å². The highest BCUT2D eigenvalue weighted by atomic mass is 32.2. The molecular weight excluding hydrogens is 326 g/mol. The second-order valence-electron chi connectivity index (χ2n) is 6.34. The van der Waals surface area contributed by atoms with Crippen LogP contribution < -0.4 is 16.1 Å². The van der Waals surface area contributed by atoms with E-state index in [9.17, 15) is 14.7 Å². The molecular formula is C17H19N3O3S. The summed E-state index contributed by atoms with van der Waals surface area (Å²) < 4.78 is 1.95. The molecule has 24 heavy (non-hydrogen) atoms. The van der Waals surface area contributed by atoms with E-state index in [1.165, 1.54) is 6.20 Å². The summed E-state index contributed by atoms with van der Waals surface area (Å²) in [5.74, 6) is 0.933. The Morgan fingerprint density at radius 2 is 1.96 bits per heavy atom. The predicted molar refractivity (Wildman–Crippen MR) is 97.4 cm³/mol. The van der Waals surface area contributed by atoms with E-state index in [1.807, 2.05) is 22.4 Å². The van der Waals surface area contributed by atoms with Gasteiger partial charge in [-0.2, -0.15) is 11.8 Å². The highest BCUT2D eigenvalue weighted by molar-refractivity contribution is 7.99. The van der Waals surface area contributed by atoms with E-state index in [0.29, 0.717) is 11.1 Å². The number of carboxylic acids is 1. The van der Waals surface area contributed by atoms with Crippen LogP contribution in [-0.2, 0) is 0 Å². The Hall–Kier alpha value is -2.15. The van der Waals surface area contributed by atoms with Gasteiger partial charge in [-0.3, -0.25) is 4.79 Å². The van der Waals surface area contributed by atoms with Crippen LogP contribution >= 0.6 is 11.8 Å². The van der Waals surface area contributed by atoms with Crippen LogP contribution in [-0.4, -0.2) is 40.2 Å². The molecule has 126 valence electrons. The van der Waals surface area contributed by atoms with Gasteiger partial charge in [-0.1, -0.05) is 0 Å². The lowest BCUT2D eigenvalue weighted by molar-refractivity contribution is 0.0695. The van der Waals surface area contributed by atoms with Crippen LogP contribution in [0.1, 0.15) is 29.2 Å². The largest absolute Gasteiger partial charge is 0.477 e. The molecule has 6 nitrogen and oxygen atoms in total. The summed E-state index contributed by atoms with van der Waals surface area (Å²) >= 11 is 1.93. The van der Waals surface area contributed by atoms with Crippen LogP contribution in [0.25, 0.3) is 10.9 Å². The Morgan fingerprint density at radius 3 is 2.58 bits per heavy atom. The Bertz CT molecular complexity index is 883. The Morgan fingerprint density at radius 1 is 1.25 bits per heavy atom. The molecule has 2 fully saturated rings. The minimum Gasteiger partial charge on any atom is -0.477 e. The maximum absolute atomic E-state index is 12.5. The van der Waals surface area contributed by atoms with Gasteiger partial charge >= 0.3 is 5.97 Å². The van der Waals surface area contributed by atoms with Crippen molar-refractivity contribution in [2.24, 2.45) is 0 Å². The summed E-state index contributed by atoms with van der Waals surface area (Å²) in [7, 11) is 0. The van der Waals surface area contributed by atoms with Gasteiger partial charge in [0.25, 0.3) is 0 Å². The van der Waals surface area contributed by atoms with E-state index in [2.05, 4.69) is 4.90 Å². The van der Waals surface area contributed by atoms with E-state index in [4.69, 9.17) is 5.73 Å². The van der Waals surface area contributed by atoms with Crippen molar-refractivity contribution < 1.29 is 9.90 Å². The molecule has 1 aliphatic carbocycles. The molecule has 1 saturated heterocycles. The van der Waals surface area contributed by atoms with Gasteiger partial charge in [0, 0.05) is 42.2 Å². The third-order valence-electron chi connectivity index (χ3n) is 4.70. The molecule has 0 unspecified atom stereocenters. The number of fused-ring (bicyclic) bond motifs is 1. The zero-order chi connectivity index (χ0) is 16.8. The third-order valence-corrected chi connectivity index (χ3v) is 5.65. The number of thioether (sulfide) groups is 1. The van der Waals surface area contributed by atoms with Crippen molar-refractivity contribution in [1.82, 2.24) is 4.57 Å². The van der Waals surface area contributed by atoms with E-state index < -0.39 is 11.4 Å². The molecule has 0 amide bonds. The zero-order valence-corrected chi connectivity index (χ0v) is 14.0. The number of nitrogens with zero attached hydrogens (tertiary/aromatic N) is 2. The second kappa shape index (κ2) is 5.73. The van der Waals surface area contributed by atoms with Gasteiger partial charge in [0.15, 0.2) is 0 Å². The van der Waals surface area contributed by atoms with Crippen molar-refractivity contribution in [1.29, 1.82) is 0 Å². The number of aromatic nitrogens is 1. The number of carbonyl (C=O) groups is 1. The lowest BCUT2D eigenvalue weighted by atomic mass is 10.1. The minimum atomic E-state index is -1.19. The summed E-state index contributed by atoms with van der Waals surface area (Å²) in [5.41, 5.74) is 7.84. The fraction of sp³-hybridized carbons (Fsp3) is 0.412. The van der Waals surface area contributed by atoms with Crippen LogP contribution in [0.2, 0.25) is 0 Å². The minimum absolute atomic E-state index is 0.184. The van der Waals surface area contributed by atoms with Crippen LogP contribution in [0.5, 0.6) is 0 Å². The average Bonchev–Trinajstić information content (AvgIpc) is 3.40. The van der Waals surface area contributed by atoms with E-state index >= 15 is 0 Å². The van der Waals surface area contributed by atoms with E-state index in [-0.39, 0.29) is 11.6 Å². The van der Waals surface area contributed by atoms with Gasteiger partial charge in [0.05, 0.1) is 16.9 Å². The van der Waals surface area contributed by atoms with E-state index in [0.717, 1.165) is 48.6 Å². The molecule has 2 heterocycles. The first-order chi connectivity index (χ1) is 11.6. The standard InChI is InChI=1S/C17H19N3O3S/c18-13-7-11-14(8-15(13)19-3-5-24-6-4-19)20(10-1-2-10)9-12(16(11)21)17(22)23/h7-10H,1-6,18H2,(H,22,23). The maximum atomic E-state index is 12.5. The maximum Gasteiger partial charge on any atom is 0.341 e. The SMILES string of the molecule is Nc1cc2c(=O)c(C(=O)O)cn(C3CC3)c2cc1N1CCSCC1. The zero-order valence-electron chi connectivity index (χ0n) is 13.2. The summed E-state index contributed by atoms with van der Waals surface area (Å²) in [5, 5.41) is 9.72. The Kier molecular flexibility index (Phi) is 3.68. The second-order valence-corrected chi connectivity index (χ2v) is 7.57. The third kappa shape index (κ3) is 2.53. The number of anilines is 2. The van der Waals surface area contributed by atoms with Crippen molar-refractivity contribution in [3.8, 4) is 0 Å². The number of nitrogens with two attached hydrogens (primary N) is 1. The first-order valence-electron chi connectivity index (χ1n) is 8.10. The monoisotopic (exact) mass is 345 g/mol. The predicted octanol–water partition coefficient (Wildman–Crippen LogP) is 2.17. The highest BCUT2D eigenvalue weighted by Gasteiger charge is 2.27. The quantitative estimate of drug-likeness (QED) is 0.829. The highest BCUT2D eigenvalue weighted by Crippen LogP contribution is 2.39. The molecule has 0 spiro atoms. The van der Waals surface area contributed by atoms with Gasteiger partial charge in [-0.05, 0) is 25.0 Å². The van der Waals surface area contributed by atoms with Gasteiger partial charge in [0.1, 0.15) is 5.56 Å². The van der Waals surface area contributed by atoms with Crippen molar-refractivity contribution in [3.63, 3.8) is 0 Å². The first kappa shape index (κ1) is 15.4. The fourth-order valence-corrected chi connectivity index (χ4v) is 4.19. The topological polar surface area (TPSA) is 88.6 Å². The molecule has 3 N–H and O–H groups in total. The fourth-order valence-electron chi connectivity index (χ4n) is 3.29. The van der Waals surface area contributed by atoms with Crippen molar-refractivity contribution in [2.45, 2.75) is 18.9 Å². The molecule has 0 radical (unpaired) electrons. The average molecular weight is 345 g/mol. The molecule has 1 aromatic heterocycles. The number of carboxylic acid groups (broad SMARTS) is 1. The van der Waals surface area contributed by atoms with E-state index in [1.54, 1.807) is 6.07 Å². The Balaban J connectivity index is 1.95. The molecule has 7 heteroatoms. The molecule has 1 saturated carbocycles. The number of aromatic carboxylic acids is 1. The van der Waals surface area contributed by atoms with Crippen molar-refractivity contribution in [2.75, 3.05) is 35.2 Å². The summed E-state index contributed by atoms with van der Waals surface area (Å²) in [6.45, 7) is 1.86. The molecule has 0 atom stereocenters. The molecule has 1 aromatic carbocycles. The number of hydrogen-bond donors (Lipinski definition) is 2. The summed E-state index contributed by atoms with van der Waals surface area (Å²) in [6, 6.07) is 3.89. The van der Waals surface area contributed by atoms with Gasteiger partial charge < -0.3 is 20.3 Å². The normalized spacial score (nSPS) is 18.1. The molecule has 1 aliphatic heterocycles. The van der Waals surface area contributed by atoms with Gasteiger partial charge in [-0.25, -0.2) is 4.79 Å². The Labute approximate surface area is 143 Å². The number of nitrogen functional groups attached to an aromatic ring is 1. The lowest BCUT2D eigenvalue weighted by Crippen LogP contribution is -2.33. The molecule has 0 bridgehead atoms. The number of benzene rings is 1. The molecule has 2 aliphatic rings. The number of rotatable bonds is 3. The number of hydrogen-bond acceptors (Lipinski definition) is 5. The number of pyridine rings is 1. The molecule has 2 aromatic rings. The van der Waals surface area contributed by atoms with Crippen molar-refractivity contribution >= 4 is 40.0 Å². The van der Waals surface area contributed by atoms with Crippen LogP contribution in [0.15, 0.2) is 23.1 Å². The van der Waals surface area contributed by atoms with Gasteiger partial charge in [0.2, 0.25) is 5.43 Å². The lowest BCUT2D eigenvalue weighted by Gasteiger charge is -2.30. The summed E-state index contributed by atoms with van der Waals surface area (Å²) in [6.07, 6.45) is 3.52. The van der Waals surface area contributed by atoms with Gasteiger partial charge in [-0.15, -0.1) is 0 Å². The van der Waals surface area contributed by atoms with Crippen LogP contribution in [0, 0.1) is 0 Å². The smallest absolute Gasteiger partial charge is 0.341 e. The first-order valence-corrected chi connectivity index (χ1v) is 9.26. The van der Waals surface area contributed by atoms with Crippen molar-refractivity contribution in [3.05, 3.63) is 34.1 Å². The summed E-state index contributed by atoms with van der Waals surface area (Å²) in [4.78, 5) is 26.2. The molecule has 4 rings (SSSR count). The van der Waals surface area contributed by atoms with Crippen LogP contribution in [0.4, 0.5) is 11.4 Å².